The van der Waals surface area contributed by atoms with Gasteiger partial charge in [0, 0.05) is 5.56 Å². The average molecular weight is 423 g/mol. The summed E-state index contributed by atoms with van der Waals surface area (Å²) in [5.41, 5.74) is 6.30. The zero-order valence-corrected chi connectivity index (χ0v) is 20.3. The third kappa shape index (κ3) is 7.40. The Morgan fingerprint density at radius 2 is 1.70 bits per heavy atom. The van der Waals surface area contributed by atoms with E-state index in [4.69, 9.17) is 4.74 Å². The average Bonchev–Trinajstić information content (AvgIpc) is 2.76. The molecule has 30 heavy (non-hydrogen) atoms. The number of ether oxygens (including phenoxy) is 1. The lowest BCUT2D eigenvalue weighted by Crippen LogP contribution is -2.01. The Balaban J connectivity index is 2.11. The van der Waals surface area contributed by atoms with Crippen molar-refractivity contribution in [3.05, 3.63) is 81.6 Å². The quantitative estimate of drug-likeness (QED) is 0.337. The number of hydrogen-bond acceptors (Lipinski definition) is 2. The molecule has 162 valence electrons. The van der Waals surface area contributed by atoms with Crippen molar-refractivity contribution in [1.82, 2.24) is 0 Å². The molecule has 0 atom stereocenters. The maximum absolute atomic E-state index is 6.26. The summed E-state index contributed by atoms with van der Waals surface area (Å²) in [5.74, 6) is 1.62. The molecule has 0 aliphatic heterocycles. The van der Waals surface area contributed by atoms with Crippen LogP contribution in [-0.4, -0.2) is 0 Å². The lowest BCUT2D eigenvalue weighted by molar-refractivity contribution is 0.305. The van der Waals surface area contributed by atoms with Crippen LogP contribution in [0.3, 0.4) is 0 Å². The fourth-order valence-electron chi connectivity index (χ4n) is 3.62. The maximum atomic E-state index is 6.26. The minimum Gasteiger partial charge on any atom is -0.488 e. The normalized spacial score (nSPS) is 11.7. The van der Waals surface area contributed by atoms with Crippen molar-refractivity contribution in [2.75, 3.05) is 0 Å². The summed E-state index contributed by atoms with van der Waals surface area (Å²) in [6.07, 6.45) is 6.00. The highest BCUT2D eigenvalue weighted by Crippen LogP contribution is 2.32. The van der Waals surface area contributed by atoms with Crippen LogP contribution in [0.25, 0.3) is 5.57 Å². The molecular formula is C28H38OS. The Kier molecular flexibility index (Phi) is 10.3. The van der Waals surface area contributed by atoms with Crippen molar-refractivity contribution in [2.45, 2.75) is 79.2 Å². The Morgan fingerprint density at radius 3 is 2.30 bits per heavy atom. The van der Waals surface area contributed by atoms with E-state index >= 15 is 0 Å². The number of aryl methyl sites for hydroxylation is 1. The third-order valence-electron chi connectivity index (χ3n) is 5.48. The fourth-order valence-corrected chi connectivity index (χ4v) is 4.26. The van der Waals surface area contributed by atoms with E-state index in [0.29, 0.717) is 12.5 Å². The van der Waals surface area contributed by atoms with Gasteiger partial charge in [-0.3, -0.25) is 0 Å². The predicted molar refractivity (Wildman–Crippen MR) is 135 cm³/mol. The van der Waals surface area contributed by atoms with Gasteiger partial charge in [0.1, 0.15) is 12.4 Å². The molecule has 0 amide bonds. The van der Waals surface area contributed by atoms with Crippen LogP contribution in [0.1, 0.15) is 88.0 Å². The molecule has 0 spiro atoms. The topological polar surface area (TPSA) is 9.23 Å². The van der Waals surface area contributed by atoms with Crippen molar-refractivity contribution in [3.63, 3.8) is 0 Å². The molecule has 0 fully saturated rings. The highest BCUT2D eigenvalue weighted by Gasteiger charge is 2.11. The molecule has 0 N–H and O–H groups in total. The summed E-state index contributed by atoms with van der Waals surface area (Å²) in [6.45, 7) is 15.6. The first kappa shape index (κ1) is 24.3. The third-order valence-corrected chi connectivity index (χ3v) is 6.57. The van der Waals surface area contributed by atoms with Crippen LogP contribution >= 0.6 is 11.8 Å². The Hall–Kier alpha value is -1.93. The van der Waals surface area contributed by atoms with Gasteiger partial charge >= 0.3 is 0 Å². The SMILES string of the molecule is C=C(CC)S/C=C(\C)c1cc(C)ccc1OCc1ccc(C(CCC)CCC)cc1. The molecule has 2 rings (SSSR count). The summed E-state index contributed by atoms with van der Waals surface area (Å²) in [4.78, 5) is 1.18. The number of allylic oxidation sites excluding steroid dienone is 2. The monoisotopic (exact) mass is 422 g/mol. The van der Waals surface area contributed by atoms with Crippen molar-refractivity contribution in [3.8, 4) is 5.75 Å². The van der Waals surface area contributed by atoms with Gasteiger partial charge in [-0.2, -0.15) is 0 Å². The van der Waals surface area contributed by atoms with Gasteiger partial charge < -0.3 is 4.74 Å². The van der Waals surface area contributed by atoms with E-state index in [0.717, 1.165) is 17.7 Å². The van der Waals surface area contributed by atoms with Gasteiger partial charge in [-0.05, 0) is 78.2 Å². The van der Waals surface area contributed by atoms with Gasteiger partial charge in [0.2, 0.25) is 0 Å². The second-order valence-corrected chi connectivity index (χ2v) is 9.16. The second kappa shape index (κ2) is 12.7. The van der Waals surface area contributed by atoms with Crippen molar-refractivity contribution < 1.29 is 4.74 Å². The predicted octanol–water partition coefficient (Wildman–Crippen LogP) is 9.28. The van der Waals surface area contributed by atoms with Gasteiger partial charge in [0.25, 0.3) is 0 Å². The number of rotatable bonds is 12. The van der Waals surface area contributed by atoms with E-state index in [1.54, 1.807) is 11.8 Å². The van der Waals surface area contributed by atoms with Crippen molar-refractivity contribution in [1.29, 1.82) is 0 Å². The fraction of sp³-hybridized carbons (Fsp3) is 0.429. The standard InChI is InChI=1S/C28H38OS/c1-7-10-25(11-8-2)26-15-13-24(14-16-26)19-29-28-17-12-21(4)18-27(28)22(5)20-30-23(6)9-3/h12-18,20,25H,6-11,19H2,1-5H3/b22-20+. The molecule has 1 nitrogen and oxygen atoms in total. The molecule has 0 radical (unpaired) electrons. The van der Waals surface area contributed by atoms with Crippen molar-refractivity contribution in [2.24, 2.45) is 0 Å². The van der Waals surface area contributed by atoms with Gasteiger partial charge in [0.15, 0.2) is 0 Å². The lowest BCUT2D eigenvalue weighted by Gasteiger charge is -2.17. The highest BCUT2D eigenvalue weighted by atomic mass is 32.2. The molecule has 0 saturated heterocycles. The van der Waals surface area contributed by atoms with Gasteiger partial charge in [0.05, 0.1) is 0 Å². The zero-order valence-electron chi connectivity index (χ0n) is 19.5. The Labute approximate surface area is 188 Å². The first-order valence-corrected chi connectivity index (χ1v) is 12.2. The van der Waals surface area contributed by atoms with E-state index < -0.39 is 0 Å². The Bertz CT molecular complexity index is 826. The molecule has 2 aromatic carbocycles. The van der Waals surface area contributed by atoms with Crippen LogP contribution in [-0.2, 0) is 6.61 Å². The first-order valence-electron chi connectivity index (χ1n) is 11.3. The molecule has 2 aromatic rings. The molecule has 0 heterocycles. The zero-order chi connectivity index (χ0) is 21.9. The van der Waals surface area contributed by atoms with E-state index in [-0.39, 0.29) is 0 Å². The Morgan fingerprint density at radius 1 is 1.03 bits per heavy atom. The summed E-state index contributed by atoms with van der Waals surface area (Å²) in [6, 6.07) is 15.5. The summed E-state index contributed by atoms with van der Waals surface area (Å²) >= 11 is 1.71. The highest BCUT2D eigenvalue weighted by molar-refractivity contribution is 8.05. The molecule has 0 aromatic heterocycles. The molecular weight excluding hydrogens is 384 g/mol. The summed E-state index contributed by atoms with van der Waals surface area (Å²) < 4.78 is 6.26. The second-order valence-electron chi connectivity index (χ2n) is 8.12. The number of benzene rings is 2. The minimum atomic E-state index is 0.588. The molecule has 0 bridgehead atoms. The van der Waals surface area contributed by atoms with Gasteiger partial charge in [-0.25, -0.2) is 0 Å². The van der Waals surface area contributed by atoms with Crippen LogP contribution < -0.4 is 4.74 Å². The van der Waals surface area contributed by atoms with Crippen molar-refractivity contribution >= 4 is 17.3 Å². The van der Waals surface area contributed by atoms with Gasteiger partial charge in [-0.15, -0.1) is 11.8 Å². The van der Waals surface area contributed by atoms with Gasteiger partial charge in [-0.1, -0.05) is 76.1 Å². The van der Waals surface area contributed by atoms with E-state index in [2.05, 4.69) is 89.1 Å². The molecule has 0 unspecified atom stereocenters. The minimum absolute atomic E-state index is 0.588. The van der Waals surface area contributed by atoms with Crippen LogP contribution in [0.2, 0.25) is 0 Å². The van der Waals surface area contributed by atoms with Crippen LogP contribution in [0.4, 0.5) is 0 Å². The van der Waals surface area contributed by atoms with E-state index in [9.17, 15) is 0 Å². The first-order chi connectivity index (χ1) is 14.5. The van der Waals surface area contributed by atoms with Crippen LogP contribution in [0.15, 0.2) is 59.4 Å². The molecule has 2 heteroatoms. The molecule has 0 aliphatic carbocycles. The molecule has 0 saturated carbocycles. The van der Waals surface area contributed by atoms with Crippen LogP contribution in [0.5, 0.6) is 5.75 Å². The summed E-state index contributed by atoms with van der Waals surface area (Å²) in [5, 5.41) is 2.18. The van der Waals surface area contributed by atoms with E-state index in [1.807, 2.05) is 0 Å². The molecule has 0 aliphatic rings. The van der Waals surface area contributed by atoms with E-state index in [1.165, 1.54) is 52.9 Å². The number of thioether (sulfide) groups is 1. The number of hydrogen-bond donors (Lipinski definition) is 0. The summed E-state index contributed by atoms with van der Waals surface area (Å²) in [7, 11) is 0. The lowest BCUT2D eigenvalue weighted by atomic mass is 9.90. The smallest absolute Gasteiger partial charge is 0.127 e. The maximum Gasteiger partial charge on any atom is 0.127 e. The van der Waals surface area contributed by atoms with Crippen LogP contribution in [0, 0.1) is 6.92 Å². The largest absolute Gasteiger partial charge is 0.488 e.